The van der Waals surface area contributed by atoms with Gasteiger partial charge in [-0.2, -0.15) is 15.0 Å². The maximum atomic E-state index is 10.8. The Morgan fingerprint density at radius 2 is 2.27 bits per heavy atom. The molecule has 2 aromatic rings. The lowest BCUT2D eigenvalue weighted by atomic mass is 10.1. The zero-order valence-electron chi connectivity index (χ0n) is 8.01. The normalized spacial score (nSPS) is 10.3. The Morgan fingerprint density at radius 1 is 1.47 bits per heavy atom. The third-order valence-electron chi connectivity index (χ3n) is 2.02. The van der Waals surface area contributed by atoms with Crippen molar-refractivity contribution in [1.82, 2.24) is 15.0 Å². The highest BCUT2D eigenvalue weighted by atomic mass is 35.5. The molecule has 0 aliphatic heterocycles. The summed E-state index contributed by atoms with van der Waals surface area (Å²) < 4.78 is 0. The first-order chi connectivity index (χ1) is 7.20. The van der Waals surface area contributed by atoms with Crippen molar-refractivity contribution >= 4 is 17.9 Å². The Morgan fingerprint density at radius 3 is 2.87 bits per heavy atom. The van der Waals surface area contributed by atoms with E-state index in [1.807, 2.05) is 0 Å². The van der Waals surface area contributed by atoms with Crippen LogP contribution in [-0.4, -0.2) is 21.3 Å². The van der Waals surface area contributed by atoms with Crippen LogP contribution in [-0.2, 0) is 7.05 Å². The van der Waals surface area contributed by atoms with Gasteiger partial charge in [-0.05, 0) is 12.1 Å². The molecule has 0 atom stereocenters. The SMILES string of the molecule is Cn1ncc(-c2ccc(Cl)cc2C=O)n1. The van der Waals surface area contributed by atoms with Gasteiger partial charge in [-0.3, -0.25) is 4.79 Å². The molecule has 0 amide bonds. The molecule has 0 radical (unpaired) electrons. The lowest BCUT2D eigenvalue weighted by Crippen LogP contribution is -1.93. The minimum Gasteiger partial charge on any atom is -0.298 e. The minimum atomic E-state index is 0.517. The minimum absolute atomic E-state index is 0.517. The van der Waals surface area contributed by atoms with E-state index in [1.54, 1.807) is 31.4 Å². The highest BCUT2D eigenvalue weighted by molar-refractivity contribution is 6.31. The summed E-state index contributed by atoms with van der Waals surface area (Å²) in [4.78, 5) is 12.3. The van der Waals surface area contributed by atoms with Crippen LogP contribution < -0.4 is 0 Å². The van der Waals surface area contributed by atoms with Crippen molar-refractivity contribution in [2.24, 2.45) is 7.05 Å². The van der Waals surface area contributed by atoms with Gasteiger partial charge in [0.1, 0.15) is 5.69 Å². The van der Waals surface area contributed by atoms with Crippen LogP contribution in [0.3, 0.4) is 0 Å². The Kier molecular flexibility index (Phi) is 2.51. The van der Waals surface area contributed by atoms with E-state index in [9.17, 15) is 4.79 Å². The summed E-state index contributed by atoms with van der Waals surface area (Å²) in [5.41, 5.74) is 1.92. The van der Waals surface area contributed by atoms with E-state index in [-0.39, 0.29) is 0 Å². The number of hydrogen-bond donors (Lipinski definition) is 0. The fourth-order valence-electron chi connectivity index (χ4n) is 1.33. The maximum Gasteiger partial charge on any atom is 0.150 e. The van der Waals surface area contributed by atoms with E-state index < -0.39 is 0 Å². The second kappa shape index (κ2) is 3.82. The monoisotopic (exact) mass is 221 g/mol. The largest absolute Gasteiger partial charge is 0.298 e. The van der Waals surface area contributed by atoms with E-state index in [0.29, 0.717) is 16.3 Å². The fourth-order valence-corrected chi connectivity index (χ4v) is 1.51. The van der Waals surface area contributed by atoms with Crippen molar-refractivity contribution in [2.45, 2.75) is 0 Å². The van der Waals surface area contributed by atoms with Gasteiger partial charge in [-0.15, -0.1) is 0 Å². The number of carbonyl (C=O) groups is 1. The van der Waals surface area contributed by atoms with Crippen molar-refractivity contribution in [3.8, 4) is 11.3 Å². The first-order valence-electron chi connectivity index (χ1n) is 4.32. The number of rotatable bonds is 2. The van der Waals surface area contributed by atoms with E-state index in [4.69, 9.17) is 11.6 Å². The summed E-state index contributed by atoms with van der Waals surface area (Å²) in [5, 5.41) is 8.60. The average Bonchev–Trinajstić information content (AvgIpc) is 2.64. The van der Waals surface area contributed by atoms with Crippen LogP contribution in [0.4, 0.5) is 0 Å². The van der Waals surface area contributed by atoms with E-state index in [1.165, 1.54) is 4.80 Å². The van der Waals surface area contributed by atoms with Gasteiger partial charge in [-0.25, -0.2) is 0 Å². The molecular weight excluding hydrogens is 214 g/mol. The quantitative estimate of drug-likeness (QED) is 0.729. The van der Waals surface area contributed by atoms with Gasteiger partial charge in [0.25, 0.3) is 0 Å². The molecule has 0 aliphatic rings. The number of halogens is 1. The Hall–Kier alpha value is -1.68. The van der Waals surface area contributed by atoms with Gasteiger partial charge in [0.15, 0.2) is 6.29 Å². The molecule has 0 saturated carbocycles. The molecule has 4 nitrogen and oxygen atoms in total. The summed E-state index contributed by atoms with van der Waals surface area (Å²) in [6.45, 7) is 0. The van der Waals surface area contributed by atoms with Crippen molar-refractivity contribution < 1.29 is 4.79 Å². The van der Waals surface area contributed by atoms with Crippen molar-refractivity contribution in [3.05, 3.63) is 35.0 Å². The first kappa shape index (κ1) is 9.86. The highest BCUT2D eigenvalue weighted by Crippen LogP contribution is 2.23. The second-order valence-corrected chi connectivity index (χ2v) is 3.51. The summed E-state index contributed by atoms with van der Waals surface area (Å²) in [6.07, 6.45) is 2.37. The van der Waals surface area contributed by atoms with Crippen LogP contribution in [0.15, 0.2) is 24.4 Å². The van der Waals surface area contributed by atoms with Crippen LogP contribution in [0.2, 0.25) is 5.02 Å². The van der Waals surface area contributed by atoms with Gasteiger partial charge in [0.2, 0.25) is 0 Å². The van der Waals surface area contributed by atoms with Crippen molar-refractivity contribution in [2.75, 3.05) is 0 Å². The number of aldehydes is 1. The van der Waals surface area contributed by atoms with Gasteiger partial charge in [-0.1, -0.05) is 17.7 Å². The topological polar surface area (TPSA) is 47.8 Å². The van der Waals surface area contributed by atoms with Crippen LogP contribution in [0.5, 0.6) is 0 Å². The Labute approximate surface area is 91.5 Å². The molecule has 5 heteroatoms. The molecule has 0 unspecified atom stereocenters. The standard InChI is InChI=1S/C10H8ClN3O/c1-14-12-5-10(13-14)9-3-2-8(11)4-7(9)6-15/h2-6H,1H3. The molecule has 0 fully saturated rings. The zero-order valence-corrected chi connectivity index (χ0v) is 8.77. The smallest absolute Gasteiger partial charge is 0.150 e. The Bertz CT molecular complexity index is 507. The molecule has 1 aromatic heterocycles. The molecule has 0 spiro atoms. The third-order valence-corrected chi connectivity index (χ3v) is 2.25. The third kappa shape index (κ3) is 1.89. The molecule has 0 saturated heterocycles. The van der Waals surface area contributed by atoms with Crippen molar-refractivity contribution in [1.29, 1.82) is 0 Å². The lowest BCUT2D eigenvalue weighted by Gasteiger charge is -2.00. The molecule has 2 rings (SSSR count). The fraction of sp³-hybridized carbons (Fsp3) is 0.100. The predicted octanol–water partition coefficient (Wildman–Crippen LogP) is 1.95. The van der Waals surface area contributed by atoms with Gasteiger partial charge < -0.3 is 0 Å². The number of aryl methyl sites for hydroxylation is 1. The van der Waals surface area contributed by atoms with Crippen LogP contribution in [0.1, 0.15) is 10.4 Å². The van der Waals surface area contributed by atoms with E-state index in [0.717, 1.165) is 11.8 Å². The lowest BCUT2D eigenvalue weighted by molar-refractivity contribution is 0.112. The summed E-state index contributed by atoms with van der Waals surface area (Å²) >= 11 is 5.79. The molecule has 0 N–H and O–H groups in total. The van der Waals surface area contributed by atoms with Gasteiger partial charge >= 0.3 is 0 Å². The maximum absolute atomic E-state index is 10.8. The number of aromatic nitrogens is 3. The van der Waals surface area contributed by atoms with Gasteiger partial charge in [0.05, 0.1) is 6.20 Å². The average molecular weight is 222 g/mol. The number of nitrogens with zero attached hydrogens (tertiary/aromatic N) is 3. The molecule has 0 bridgehead atoms. The molecule has 1 aromatic carbocycles. The van der Waals surface area contributed by atoms with Crippen LogP contribution in [0.25, 0.3) is 11.3 Å². The zero-order chi connectivity index (χ0) is 10.8. The summed E-state index contributed by atoms with van der Waals surface area (Å²) in [6, 6.07) is 5.09. The number of carbonyl (C=O) groups excluding carboxylic acids is 1. The first-order valence-corrected chi connectivity index (χ1v) is 4.70. The molecule has 0 aliphatic carbocycles. The summed E-state index contributed by atoms with van der Waals surface area (Å²) in [5.74, 6) is 0. The van der Waals surface area contributed by atoms with E-state index >= 15 is 0 Å². The number of hydrogen-bond acceptors (Lipinski definition) is 3. The summed E-state index contributed by atoms with van der Waals surface area (Å²) in [7, 11) is 1.72. The highest BCUT2D eigenvalue weighted by Gasteiger charge is 2.08. The van der Waals surface area contributed by atoms with Crippen LogP contribution >= 0.6 is 11.6 Å². The molecular formula is C10H8ClN3O. The predicted molar refractivity (Wildman–Crippen MR) is 56.8 cm³/mol. The van der Waals surface area contributed by atoms with Gasteiger partial charge in [0, 0.05) is 23.2 Å². The number of benzene rings is 1. The molecule has 1 heterocycles. The second-order valence-electron chi connectivity index (χ2n) is 3.07. The molecule has 15 heavy (non-hydrogen) atoms. The Balaban J connectivity index is 2.57. The van der Waals surface area contributed by atoms with Crippen molar-refractivity contribution in [3.63, 3.8) is 0 Å². The molecule has 76 valence electrons. The van der Waals surface area contributed by atoms with E-state index in [2.05, 4.69) is 10.2 Å². The van der Waals surface area contributed by atoms with Crippen LogP contribution in [0, 0.1) is 0 Å².